The molecule has 2 saturated heterocycles. The Labute approximate surface area is 122 Å². The lowest BCUT2D eigenvalue weighted by Crippen LogP contribution is -2.46. The fraction of sp³-hybridized carbons (Fsp3) is 0.647. The maximum absolute atomic E-state index is 9.09. The molecule has 1 aromatic carbocycles. The van der Waals surface area contributed by atoms with Crippen molar-refractivity contribution in [3.63, 3.8) is 0 Å². The first-order valence-corrected chi connectivity index (χ1v) is 8.00. The van der Waals surface area contributed by atoms with E-state index >= 15 is 0 Å². The summed E-state index contributed by atoms with van der Waals surface area (Å²) >= 11 is 0. The highest BCUT2D eigenvalue weighted by Crippen LogP contribution is 2.21. The van der Waals surface area contributed by atoms with Crippen LogP contribution in [0.5, 0.6) is 0 Å². The van der Waals surface area contributed by atoms with Gasteiger partial charge in [0.25, 0.3) is 0 Å². The SMILES string of the molecule is OCc1ccc(CN2CCCC(N3CCCC3)C2)cc1. The molecule has 2 fully saturated rings. The number of likely N-dealkylation sites (tertiary alicyclic amines) is 2. The van der Waals surface area contributed by atoms with Gasteiger partial charge in [-0.1, -0.05) is 24.3 Å². The van der Waals surface area contributed by atoms with Crippen LogP contribution in [-0.2, 0) is 13.2 Å². The molecular weight excluding hydrogens is 248 g/mol. The van der Waals surface area contributed by atoms with Crippen LogP contribution >= 0.6 is 0 Å². The minimum atomic E-state index is 0.140. The lowest BCUT2D eigenvalue weighted by Gasteiger charge is -2.37. The Morgan fingerprint density at radius 3 is 2.35 bits per heavy atom. The average Bonchev–Trinajstić information content (AvgIpc) is 3.03. The van der Waals surface area contributed by atoms with Gasteiger partial charge in [-0.15, -0.1) is 0 Å². The standard InChI is InChI=1S/C17H26N2O/c20-14-16-7-5-15(6-8-16)12-18-9-3-4-17(13-18)19-10-1-2-11-19/h5-8,17,20H,1-4,9-14H2. The summed E-state index contributed by atoms with van der Waals surface area (Å²) in [5.74, 6) is 0. The van der Waals surface area contributed by atoms with E-state index in [1.165, 1.54) is 57.4 Å². The van der Waals surface area contributed by atoms with Crippen LogP contribution in [0.3, 0.4) is 0 Å². The largest absolute Gasteiger partial charge is 0.392 e. The lowest BCUT2D eigenvalue weighted by atomic mass is 10.0. The Morgan fingerprint density at radius 1 is 0.950 bits per heavy atom. The molecule has 0 saturated carbocycles. The van der Waals surface area contributed by atoms with Gasteiger partial charge in [-0.2, -0.15) is 0 Å². The number of rotatable bonds is 4. The highest BCUT2D eigenvalue weighted by molar-refractivity contribution is 5.21. The minimum Gasteiger partial charge on any atom is -0.392 e. The predicted molar refractivity (Wildman–Crippen MR) is 81.5 cm³/mol. The molecule has 1 atom stereocenters. The number of aliphatic hydroxyl groups excluding tert-OH is 1. The third kappa shape index (κ3) is 3.40. The van der Waals surface area contributed by atoms with Crippen molar-refractivity contribution in [1.29, 1.82) is 0 Å². The van der Waals surface area contributed by atoms with Gasteiger partial charge in [0.05, 0.1) is 6.61 Å². The van der Waals surface area contributed by atoms with Gasteiger partial charge in [0, 0.05) is 19.1 Å². The summed E-state index contributed by atoms with van der Waals surface area (Å²) in [7, 11) is 0. The van der Waals surface area contributed by atoms with E-state index in [4.69, 9.17) is 5.11 Å². The van der Waals surface area contributed by atoms with Crippen LogP contribution in [0, 0.1) is 0 Å². The van der Waals surface area contributed by atoms with Gasteiger partial charge >= 0.3 is 0 Å². The molecule has 2 aliphatic heterocycles. The summed E-state index contributed by atoms with van der Waals surface area (Å²) < 4.78 is 0. The van der Waals surface area contributed by atoms with Crippen molar-refractivity contribution >= 4 is 0 Å². The number of nitrogens with zero attached hydrogens (tertiary/aromatic N) is 2. The number of piperidine rings is 1. The second-order valence-corrected chi connectivity index (χ2v) is 6.25. The smallest absolute Gasteiger partial charge is 0.0681 e. The quantitative estimate of drug-likeness (QED) is 0.912. The average molecular weight is 274 g/mol. The van der Waals surface area contributed by atoms with E-state index in [0.29, 0.717) is 0 Å². The Kier molecular flexibility index (Phi) is 4.71. The van der Waals surface area contributed by atoms with E-state index in [2.05, 4.69) is 21.9 Å². The lowest BCUT2D eigenvalue weighted by molar-refractivity contribution is 0.110. The van der Waals surface area contributed by atoms with Gasteiger partial charge in [0.2, 0.25) is 0 Å². The van der Waals surface area contributed by atoms with Crippen molar-refractivity contribution in [3.05, 3.63) is 35.4 Å². The molecule has 0 amide bonds. The fourth-order valence-electron chi connectivity index (χ4n) is 3.59. The highest BCUT2D eigenvalue weighted by atomic mass is 16.3. The summed E-state index contributed by atoms with van der Waals surface area (Å²) in [5.41, 5.74) is 2.37. The minimum absolute atomic E-state index is 0.140. The van der Waals surface area contributed by atoms with Crippen molar-refractivity contribution in [2.24, 2.45) is 0 Å². The Hall–Kier alpha value is -0.900. The second kappa shape index (κ2) is 6.70. The third-order valence-electron chi connectivity index (χ3n) is 4.75. The first kappa shape index (κ1) is 14.1. The molecule has 110 valence electrons. The molecule has 2 heterocycles. The molecule has 2 aliphatic rings. The van der Waals surface area contributed by atoms with Crippen molar-refractivity contribution in [1.82, 2.24) is 9.80 Å². The molecule has 3 rings (SSSR count). The zero-order valence-corrected chi connectivity index (χ0v) is 12.3. The Morgan fingerprint density at radius 2 is 1.65 bits per heavy atom. The Balaban J connectivity index is 1.56. The highest BCUT2D eigenvalue weighted by Gasteiger charge is 2.26. The number of aliphatic hydroxyl groups is 1. The molecule has 0 radical (unpaired) electrons. The van der Waals surface area contributed by atoms with Gasteiger partial charge in [-0.3, -0.25) is 9.80 Å². The second-order valence-electron chi connectivity index (χ2n) is 6.25. The van der Waals surface area contributed by atoms with Gasteiger partial charge < -0.3 is 5.11 Å². The maximum atomic E-state index is 9.09. The number of hydrogen-bond donors (Lipinski definition) is 1. The van der Waals surface area contributed by atoms with E-state index in [-0.39, 0.29) is 6.61 Å². The van der Waals surface area contributed by atoms with Crippen LogP contribution in [0.2, 0.25) is 0 Å². The van der Waals surface area contributed by atoms with Gasteiger partial charge in [-0.25, -0.2) is 0 Å². The van der Waals surface area contributed by atoms with E-state index in [0.717, 1.165) is 18.2 Å². The summed E-state index contributed by atoms with van der Waals surface area (Å²) in [4.78, 5) is 5.29. The molecule has 3 nitrogen and oxygen atoms in total. The van der Waals surface area contributed by atoms with Crippen LogP contribution in [0.15, 0.2) is 24.3 Å². The number of benzene rings is 1. The predicted octanol–water partition coefficient (Wildman–Crippen LogP) is 2.24. The molecule has 3 heteroatoms. The molecule has 1 aromatic rings. The summed E-state index contributed by atoms with van der Waals surface area (Å²) in [6.45, 7) is 6.26. The van der Waals surface area contributed by atoms with Crippen LogP contribution in [0.4, 0.5) is 0 Å². The van der Waals surface area contributed by atoms with Crippen molar-refractivity contribution in [2.75, 3.05) is 26.2 Å². The normalized spacial score (nSPS) is 25.1. The van der Waals surface area contributed by atoms with Crippen molar-refractivity contribution < 1.29 is 5.11 Å². The maximum Gasteiger partial charge on any atom is 0.0681 e. The van der Waals surface area contributed by atoms with Gasteiger partial charge in [0.1, 0.15) is 0 Å². The first-order valence-electron chi connectivity index (χ1n) is 8.00. The van der Waals surface area contributed by atoms with E-state index < -0.39 is 0 Å². The molecule has 0 aliphatic carbocycles. The summed E-state index contributed by atoms with van der Waals surface area (Å²) in [6, 6.07) is 9.17. The molecule has 0 spiro atoms. The molecule has 20 heavy (non-hydrogen) atoms. The Bertz CT molecular complexity index is 412. The zero-order valence-electron chi connectivity index (χ0n) is 12.3. The van der Waals surface area contributed by atoms with Gasteiger partial charge in [-0.05, 0) is 56.4 Å². The monoisotopic (exact) mass is 274 g/mol. The van der Waals surface area contributed by atoms with Crippen molar-refractivity contribution in [3.8, 4) is 0 Å². The van der Waals surface area contributed by atoms with Gasteiger partial charge in [0.15, 0.2) is 0 Å². The molecular formula is C17H26N2O. The molecule has 0 bridgehead atoms. The van der Waals surface area contributed by atoms with Crippen molar-refractivity contribution in [2.45, 2.75) is 44.9 Å². The topological polar surface area (TPSA) is 26.7 Å². The third-order valence-corrected chi connectivity index (χ3v) is 4.75. The number of hydrogen-bond acceptors (Lipinski definition) is 3. The molecule has 1 N–H and O–H groups in total. The van der Waals surface area contributed by atoms with Crippen LogP contribution < -0.4 is 0 Å². The molecule has 1 unspecified atom stereocenters. The fourth-order valence-corrected chi connectivity index (χ4v) is 3.59. The van der Waals surface area contributed by atoms with E-state index in [1.807, 2.05) is 12.1 Å². The molecule has 0 aromatic heterocycles. The zero-order chi connectivity index (χ0) is 13.8. The van der Waals surface area contributed by atoms with Crippen LogP contribution in [0.25, 0.3) is 0 Å². The first-order chi connectivity index (χ1) is 9.85. The summed E-state index contributed by atoms with van der Waals surface area (Å²) in [6.07, 6.45) is 5.48. The van der Waals surface area contributed by atoms with Crippen LogP contribution in [0.1, 0.15) is 36.8 Å². The van der Waals surface area contributed by atoms with Crippen LogP contribution in [-0.4, -0.2) is 47.1 Å². The summed E-state index contributed by atoms with van der Waals surface area (Å²) in [5, 5.41) is 9.09. The van der Waals surface area contributed by atoms with E-state index in [9.17, 15) is 0 Å². The van der Waals surface area contributed by atoms with E-state index in [1.54, 1.807) is 0 Å².